The van der Waals surface area contributed by atoms with Crippen molar-refractivity contribution in [1.82, 2.24) is 0 Å². The molecule has 1 aromatic rings. The van der Waals surface area contributed by atoms with Gasteiger partial charge in [-0.05, 0) is 13.0 Å². The van der Waals surface area contributed by atoms with Gasteiger partial charge in [-0.1, -0.05) is 12.1 Å². The first-order valence-electron chi connectivity index (χ1n) is 4.56. The molecule has 16 heavy (non-hydrogen) atoms. The molecule has 0 fully saturated rings. The van der Waals surface area contributed by atoms with Crippen LogP contribution in [0.1, 0.15) is 18.5 Å². The largest absolute Gasteiger partial charge is 0.504 e. The second kappa shape index (κ2) is 6.50. The van der Waals surface area contributed by atoms with Gasteiger partial charge in [-0.25, -0.2) is 8.78 Å². The summed E-state index contributed by atoms with van der Waals surface area (Å²) in [5.41, 5.74) is 5.23. The van der Waals surface area contributed by atoms with Crippen molar-refractivity contribution in [2.45, 2.75) is 19.4 Å². The van der Waals surface area contributed by atoms with Crippen molar-refractivity contribution < 1.29 is 18.6 Å². The van der Waals surface area contributed by atoms with Crippen molar-refractivity contribution in [3.63, 3.8) is 0 Å². The third kappa shape index (κ3) is 3.21. The smallest absolute Gasteiger partial charge is 0.257 e. The Hall–Kier alpha value is -1.07. The van der Waals surface area contributed by atoms with Gasteiger partial charge in [0.15, 0.2) is 11.5 Å². The molecule has 3 nitrogen and oxygen atoms in total. The lowest BCUT2D eigenvalue weighted by atomic mass is 10.1. The van der Waals surface area contributed by atoms with E-state index in [1.54, 1.807) is 6.92 Å². The third-order valence-electron chi connectivity index (χ3n) is 1.96. The van der Waals surface area contributed by atoms with Crippen LogP contribution in [0.4, 0.5) is 8.78 Å². The van der Waals surface area contributed by atoms with Crippen molar-refractivity contribution in [2.75, 3.05) is 6.61 Å². The molecule has 0 aliphatic rings. The highest BCUT2D eigenvalue weighted by Crippen LogP contribution is 2.34. The summed E-state index contributed by atoms with van der Waals surface area (Å²) in [5.74, 6) is -0.141. The maximum absolute atomic E-state index is 12.3. The molecule has 0 saturated heterocycles. The molecule has 0 aliphatic carbocycles. The Morgan fingerprint density at radius 3 is 2.56 bits per heavy atom. The molecule has 1 rings (SSSR count). The average molecular weight is 254 g/mol. The van der Waals surface area contributed by atoms with Crippen molar-refractivity contribution in [3.8, 4) is 11.5 Å². The number of phenols is 1. The summed E-state index contributed by atoms with van der Waals surface area (Å²) >= 11 is 0. The lowest BCUT2D eigenvalue weighted by Crippen LogP contribution is -2.19. The molecule has 3 N–H and O–H groups in total. The Balaban J connectivity index is 0.00000225. The summed E-state index contributed by atoms with van der Waals surface area (Å²) in [6.07, 6.45) is -2.72. The van der Waals surface area contributed by atoms with E-state index in [4.69, 9.17) is 10.5 Å². The van der Waals surface area contributed by atoms with Crippen molar-refractivity contribution in [3.05, 3.63) is 23.8 Å². The summed E-state index contributed by atoms with van der Waals surface area (Å²) in [6.45, 7) is 2.08. The molecule has 1 aromatic carbocycles. The maximum atomic E-state index is 12.3. The Bertz CT molecular complexity index is 337. The number of hydrogen-bond acceptors (Lipinski definition) is 3. The predicted molar refractivity (Wildman–Crippen MR) is 59.5 cm³/mol. The highest BCUT2D eigenvalue weighted by atomic mass is 35.5. The summed E-state index contributed by atoms with van der Waals surface area (Å²) in [5, 5.41) is 9.60. The lowest BCUT2D eigenvalue weighted by Gasteiger charge is -2.14. The fraction of sp³-hybridized carbons (Fsp3) is 0.400. The van der Waals surface area contributed by atoms with Gasteiger partial charge in [-0.2, -0.15) is 0 Å². The molecular weight excluding hydrogens is 240 g/mol. The molecule has 0 aromatic heterocycles. The minimum atomic E-state index is -2.72. The molecule has 0 amide bonds. The van der Waals surface area contributed by atoms with Gasteiger partial charge in [0.25, 0.3) is 6.43 Å². The molecule has 0 spiro atoms. The van der Waals surface area contributed by atoms with Crippen LogP contribution in [0.3, 0.4) is 0 Å². The number of nitrogens with two attached hydrogens (primary N) is 1. The van der Waals surface area contributed by atoms with Gasteiger partial charge in [-0.15, -0.1) is 12.4 Å². The topological polar surface area (TPSA) is 55.5 Å². The zero-order valence-electron chi connectivity index (χ0n) is 8.69. The van der Waals surface area contributed by atoms with Crippen molar-refractivity contribution >= 4 is 12.4 Å². The van der Waals surface area contributed by atoms with Crippen LogP contribution >= 0.6 is 12.4 Å². The number of alkyl halides is 2. The van der Waals surface area contributed by atoms with Gasteiger partial charge in [0.2, 0.25) is 0 Å². The van der Waals surface area contributed by atoms with Gasteiger partial charge in [-0.3, -0.25) is 0 Å². The Morgan fingerprint density at radius 2 is 2.06 bits per heavy atom. The van der Waals surface area contributed by atoms with Crippen LogP contribution in [-0.2, 0) is 0 Å². The molecular formula is C10H14ClF2NO2. The monoisotopic (exact) mass is 253 g/mol. The van der Waals surface area contributed by atoms with Crippen LogP contribution < -0.4 is 10.5 Å². The van der Waals surface area contributed by atoms with E-state index in [1.165, 1.54) is 18.2 Å². The second-order valence-corrected chi connectivity index (χ2v) is 2.99. The number of halogens is 3. The highest BCUT2D eigenvalue weighted by Gasteiger charge is 2.22. The number of hydrogen-bond donors (Lipinski definition) is 2. The first-order valence-corrected chi connectivity index (χ1v) is 4.56. The molecule has 0 radical (unpaired) electrons. The van der Waals surface area contributed by atoms with Gasteiger partial charge in [0, 0.05) is 5.56 Å². The highest BCUT2D eigenvalue weighted by molar-refractivity contribution is 5.85. The van der Waals surface area contributed by atoms with E-state index >= 15 is 0 Å². The van der Waals surface area contributed by atoms with Gasteiger partial charge >= 0.3 is 0 Å². The molecule has 0 bridgehead atoms. The van der Waals surface area contributed by atoms with E-state index in [9.17, 15) is 13.9 Å². The fourth-order valence-electron chi connectivity index (χ4n) is 1.22. The first-order chi connectivity index (χ1) is 7.07. The predicted octanol–water partition coefficient (Wildman–Crippen LogP) is 2.48. The molecule has 1 atom stereocenters. The summed E-state index contributed by atoms with van der Waals surface area (Å²) in [6, 6.07) is 2.88. The SMILES string of the molecule is CCOc1cccc([C@@H](N)C(F)F)c1O.Cl. The van der Waals surface area contributed by atoms with Crippen LogP contribution in [0.2, 0.25) is 0 Å². The normalized spacial score (nSPS) is 12.1. The van der Waals surface area contributed by atoms with Crippen LogP contribution in [0.5, 0.6) is 11.5 Å². The second-order valence-electron chi connectivity index (χ2n) is 2.99. The zero-order valence-corrected chi connectivity index (χ0v) is 9.51. The number of aromatic hydroxyl groups is 1. The van der Waals surface area contributed by atoms with Crippen molar-refractivity contribution in [1.29, 1.82) is 0 Å². The van der Waals surface area contributed by atoms with Crippen molar-refractivity contribution in [2.24, 2.45) is 5.73 Å². The molecule has 6 heteroatoms. The molecule has 0 unspecified atom stereocenters. The lowest BCUT2D eigenvalue weighted by molar-refractivity contribution is 0.115. The quantitative estimate of drug-likeness (QED) is 0.867. The van der Waals surface area contributed by atoms with E-state index in [0.717, 1.165) is 0 Å². The Kier molecular flexibility index (Phi) is 6.06. The third-order valence-corrected chi connectivity index (χ3v) is 1.96. The molecule has 0 saturated carbocycles. The average Bonchev–Trinajstić information content (AvgIpc) is 2.20. The number of phenolic OH excluding ortho intramolecular Hbond substituents is 1. The van der Waals surface area contributed by atoms with E-state index in [1.807, 2.05) is 0 Å². The Labute approximate surface area is 98.6 Å². The summed E-state index contributed by atoms with van der Waals surface area (Å²) < 4.78 is 29.7. The van der Waals surface area contributed by atoms with Gasteiger partial charge in [0.05, 0.1) is 12.6 Å². The zero-order chi connectivity index (χ0) is 11.4. The minimum absolute atomic E-state index is 0. The fourth-order valence-corrected chi connectivity index (χ4v) is 1.22. The minimum Gasteiger partial charge on any atom is -0.504 e. The maximum Gasteiger partial charge on any atom is 0.257 e. The van der Waals surface area contributed by atoms with E-state index in [0.29, 0.717) is 6.61 Å². The van der Waals surface area contributed by atoms with E-state index in [2.05, 4.69) is 0 Å². The molecule has 0 heterocycles. The standard InChI is InChI=1S/C10H13F2NO2.ClH/c1-2-15-7-5-3-4-6(9(7)14)8(13)10(11)12;/h3-5,8,10,14H,2,13H2,1H3;1H/t8-;/m1./s1. The van der Waals surface area contributed by atoms with Gasteiger partial charge in [0.1, 0.15) is 0 Å². The van der Waals surface area contributed by atoms with Gasteiger partial charge < -0.3 is 15.6 Å². The van der Waals surface area contributed by atoms with Crippen LogP contribution in [-0.4, -0.2) is 18.1 Å². The van der Waals surface area contributed by atoms with E-state index in [-0.39, 0.29) is 29.5 Å². The summed E-state index contributed by atoms with van der Waals surface area (Å²) in [4.78, 5) is 0. The number of para-hydroxylation sites is 1. The van der Waals surface area contributed by atoms with Crippen LogP contribution in [0.25, 0.3) is 0 Å². The summed E-state index contributed by atoms with van der Waals surface area (Å²) in [7, 11) is 0. The first kappa shape index (κ1) is 14.9. The number of ether oxygens (including phenoxy) is 1. The molecule has 0 aliphatic heterocycles. The number of rotatable bonds is 4. The Morgan fingerprint density at radius 1 is 1.44 bits per heavy atom. The molecule has 92 valence electrons. The van der Waals surface area contributed by atoms with Crippen LogP contribution in [0, 0.1) is 0 Å². The van der Waals surface area contributed by atoms with E-state index < -0.39 is 12.5 Å². The van der Waals surface area contributed by atoms with Crippen LogP contribution in [0.15, 0.2) is 18.2 Å². The number of benzene rings is 1.